The van der Waals surface area contributed by atoms with Crippen LogP contribution in [0.25, 0.3) is 0 Å². The first-order chi connectivity index (χ1) is 7.74. The number of carboxylic acids is 1. The van der Waals surface area contributed by atoms with E-state index < -0.39 is 22.1 Å². The zero-order chi connectivity index (χ0) is 13.2. The van der Waals surface area contributed by atoms with Crippen molar-refractivity contribution in [3.05, 3.63) is 15.8 Å². The van der Waals surface area contributed by atoms with Gasteiger partial charge in [-0.25, -0.2) is 17.9 Å². The Balaban J connectivity index is 3.03. The zero-order valence-corrected chi connectivity index (χ0v) is 10.9. The monoisotopic (exact) mass is 279 g/mol. The fourth-order valence-corrected chi connectivity index (χ4v) is 3.70. The minimum absolute atomic E-state index is 0.0279. The molecule has 0 bridgehead atoms. The molecular formula is C9H13NO5S2. The number of hydrogen-bond donors (Lipinski definition) is 3. The summed E-state index contributed by atoms with van der Waals surface area (Å²) in [6, 6.07) is 1.12. The molecule has 6 nitrogen and oxygen atoms in total. The molecule has 1 atom stereocenters. The van der Waals surface area contributed by atoms with Gasteiger partial charge in [-0.1, -0.05) is 0 Å². The largest absolute Gasteiger partial charge is 0.477 e. The lowest BCUT2D eigenvalue weighted by Crippen LogP contribution is -2.30. The smallest absolute Gasteiger partial charge is 0.345 e. The van der Waals surface area contributed by atoms with Crippen LogP contribution in [0, 0.1) is 6.92 Å². The summed E-state index contributed by atoms with van der Waals surface area (Å²) < 4.78 is 25.8. The van der Waals surface area contributed by atoms with Crippen LogP contribution < -0.4 is 4.72 Å². The molecule has 0 spiro atoms. The van der Waals surface area contributed by atoms with Gasteiger partial charge in [-0.15, -0.1) is 11.3 Å². The summed E-state index contributed by atoms with van der Waals surface area (Å²) in [5.74, 6) is -1.16. The summed E-state index contributed by atoms with van der Waals surface area (Å²) in [6.45, 7) is 2.87. The van der Waals surface area contributed by atoms with Crippen LogP contribution in [0.3, 0.4) is 0 Å². The standard InChI is InChI=1S/C9H13NO5S2/c1-5(11)4-10-17(14,15)8-3-7(9(12)13)16-6(8)2/h3,5,10-11H,4H2,1-2H3,(H,12,13)/t5-/m1/s1. The molecule has 8 heteroatoms. The van der Waals surface area contributed by atoms with Gasteiger partial charge in [0, 0.05) is 11.4 Å². The second kappa shape index (κ2) is 5.13. The van der Waals surface area contributed by atoms with Crippen LogP contribution >= 0.6 is 11.3 Å². The molecule has 0 unspecified atom stereocenters. The topological polar surface area (TPSA) is 104 Å². The van der Waals surface area contributed by atoms with E-state index >= 15 is 0 Å². The van der Waals surface area contributed by atoms with Gasteiger partial charge in [-0.2, -0.15) is 0 Å². The average Bonchev–Trinajstić information content (AvgIpc) is 2.58. The number of aliphatic hydroxyl groups excluding tert-OH is 1. The number of hydrogen-bond acceptors (Lipinski definition) is 5. The molecule has 1 heterocycles. The number of aryl methyl sites for hydroxylation is 1. The summed E-state index contributed by atoms with van der Waals surface area (Å²) >= 11 is 0.902. The molecule has 0 fully saturated rings. The van der Waals surface area contributed by atoms with E-state index in [1.54, 1.807) is 0 Å². The van der Waals surface area contributed by atoms with Crippen molar-refractivity contribution < 1.29 is 23.4 Å². The number of rotatable bonds is 5. The third-order valence-corrected chi connectivity index (χ3v) is 4.66. The van der Waals surface area contributed by atoms with Gasteiger partial charge >= 0.3 is 5.97 Å². The molecule has 0 saturated carbocycles. The number of carbonyl (C=O) groups is 1. The molecule has 0 saturated heterocycles. The lowest BCUT2D eigenvalue weighted by Gasteiger charge is -2.07. The lowest BCUT2D eigenvalue weighted by atomic mass is 10.4. The van der Waals surface area contributed by atoms with Crippen molar-refractivity contribution in [1.82, 2.24) is 4.72 Å². The average molecular weight is 279 g/mol. The van der Waals surface area contributed by atoms with Gasteiger partial charge in [-0.05, 0) is 19.9 Å². The van der Waals surface area contributed by atoms with Crippen molar-refractivity contribution in [2.24, 2.45) is 0 Å². The first-order valence-corrected chi connectivity index (χ1v) is 7.05. The minimum atomic E-state index is -3.76. The number of nitrogens with one attached hydrogen (secondary N) is 1. The van der Waals surface area contributed by atoms with Crippen molar-refractivity contribution in [3.8, 4) is 0 Å². The first kappa shape index (κ1) is 14.1. The fourth-order valence-electron chi connectivity index (χ4n) is 1.15. The van der Waals surface area contributed by atoms with Crippen LogP contribution in [0.1, 0.15) is 21.5 Å². The maximum absolute atomic E-state index is 11.8. The van der Waals surface area contributed by atoms with Crippen LogP contribution in [0.4, 0.5) is 0 Å². The van der Waals surface area contributed by atoms with Crippen LogP contribution in [0.2, 0.25) is 0 Å². The van der Waals surface area contributed by atoms with E-state index in [0.29, 0.717) is 4.88 Å². The van der Waals surface area contributed by atoms with E-state index in [-0.39, 0.29) is 16.3 Å². The second-order valence-electron chi connectivity index (χ2n) is 3.54. The Kier molecular flexibility index (Phi) is 4.26. The predicted octanol–water partition coefficient (Wildman–Crippen LogP) is 0.414. The maximum Gasteiger partial charge on any atom is 0.345 e. The van der Waals surface area contributed by atoms with Crippen LogP contribution in [-0.2, 0) is 10.0 Å². The number of carboxylic acid groups (broad SMARTS) is 1. The third-order valence-electron chi connectivity index (χ3n) is 1.94. The molecule has 96 valence electrons. The second-order valence-corrected chi connectivity index (χ2v) is 6.53. The van der Waals surface area contributed by atoms with Gasteiger partial charge in [0.1, 0.15) is 4.88 Å². The molecule has 0 aliphatic carbocycles. The van der Waals surface area contributed by atoms with Crippen molar-refractivity contribution in [2.45, 2.75) is 24.8 Å². The summed E-state index contributed by atoms with van der Waals surface area (Å²) in [6.07, 6.45) is -0.803. The van der Waals surface area contributed by atoms with E-state index in [9.17, 15) is 13.2 Å². The summed E-state index contributed by atoms with van der Waals surface area (Å²) in [5.41, 5.74) is 0. The van der Waals surface area contributed by atoms with E-state index in [1.807, 2.05) is 0 Å². The molecule has 0 aliphatic rings. The molecule has 1 rings (SSSR count). The molecule has 0 amide bonds. The molecule has 0 aromatic carbocycles. The van der Waals surface area contributed by atoms with Gasteiger partial charge in [0.05, 0.1) is 11.0 Å². The van der Waals surface area contributed by atoms with Crippen molar-refractivity contribution in [1.29, 1.82) is 0 Å². The first-order valence-electron chi connectivity index (χ1n) is 4.75. The van der Waals surface area contributed by atoms with Crippen LogP contribution in [0.5, 0.6) is 0 Å². The number of sulfonamides is 1. The van der Waals surface area contributed by atoms with E-state index in [2.05, 4.69) is 4.72 Å². The molecule has 1 aromatic rings. The van der Waals surface area contributed by atoms with Crippen LogP contribution in [0.15, 0.2) is 11.0 Å². The summed E-state index contributed by atoms with van der Waals surface area (Å²) in [4.78, 5) is 11.0. The maximum atomic E-state index is 11.8. The van der Waals surface area contributed by atoms with Gasteiger partial charge in [0.15, 0.2) is 0 Å². The minimum Gasteiger partial charge on any atom is -0.477 e. The molecule has 0 radical (unpaired) electrons. The lowest BCUT2D eigenvalue weighted by molar-refractivity contribution is 0.0702. The molecule has 0 aliphatic heterocycles. The normalized spacial score (nSPS) is 13.6. The van der Waals surface area contributed by atoms with Gasteiger partial charge in [0.25, 0.3) is 0 Å². The molecule has 17 heavy (non-hydrogen) atoms. The highest BCUT2D eigenvalue weighted by Gasteiger charge is 2.22. The quantitative estimate of drug-likeness (QED) is 0.724. The highest BCUT2D eigenvalue weighted by molar-refractivity contribution is 7.89. The number of thiophene rings is 1. The number of aromatic carboxylic acids is 1. The molecule has 3 N–H and O–H groups in total. The zero-order valence-electron chi connectivity index (χ0n) is 9.30. The third kappa shape index (κ3) is 3.50. The highest BCUT2D eigenvalue weighted by Crippen LogP contribution is 2.25. The van der Waals surface area contributed by atoms with Crippen LogP contribution in [-0.4, -0.2) is 37.2 Å². The predicted molar refractivity (Wildman–Crippen MR) is 62.9 cm³/mol. The Bertz CT molecular complexity index is 517. The Hall–Kier alpha value is -0.960. The Labute approximate surface area is 103 Å². The molecule has 1 aromatic heterocycles. The summed E-state index contributed by atoms with van der Waals surface area (Å²) in [5, 5.41) is 17.8. The SMILES string of the molecule is Cc1sc(C(=O)O)cc1S(=O)(=O)NC[C@@H](C)O. The van der Waals surface area contributed by atoms with E-state index in [1.165, 1.54) is 13.8 Å². The fraction of sp³-hybridized carbons (Fsp3) is 0.444. The summed E-state index contributed by atoms with van der Waals surface area (Å²) in [7, 11) is -3.76. The molecular weight excluding hydrogens is 266 g/mol. The van der Waals surface area contributed by atoms with Gasteiger partial charge < -0.3 is 10.2 Å². The van der Waals surface area contributed by atoms with Gasteiger partial charge in [0.2, 0.25) is 10.0 Å². The Morgan fingerprint density at radius 2 is 2.18 bits per heavy atom. The van der Waals surface area contributed by atoms with Crippen molar-refractivity contribution in [3.63, 3.8) is 0 Å². The van der Waals surface area contributed by atoms with E-state index in [4.69, 9.17) is 10.2 Å². The Morgan fingerprint density at radius 3 is 2.59 bits per heavy atom. The van der Waals surface area contributed by atoms with Gasteiger partial charge in [-0.3, -0.25) is 0 Å². The van der Waals surface area contributed by atoms with Crippen molar-refractivity contribution >= 4 is 27.3 Å². The van der Waals surface area contributed by atoms with E-state index in [0.717, 1.165) is 17.4 Å². The Morgan fingerprint density at radius 1 is 1.59 bits per heavy atom. The number of aliphatic hydroxyl groups is 1. The van der Waals surface area contributed by atoms with Crippen molar-refractivity contribution in [2.75, 3.05) is 6.54 Å². The highest BCUT2D eigenvalue weighted by atomic mass is 32.2.